The van der Waals surface area contributed by atoms with E-state index in [1.165, 1.54) is 0 Å². The summed E-state index contributed by atoms with van der Waals surface area (Å²) in [4.78, 5) is 20.0. The van der Waals surface area contributed by atoms with Crippen molar-refractivity contribution in [1.82, 2.24) is 19.7 Å². The Morgan fingerprint density at radius 3 is 2.81 bits per heavy atom. The summed E-state index contributed by atoms with van der Waals surface area (Å²) < 4.78 is 7.25. The summed E-state index contributed by atoms with van der Waals surface area (Å²) in [6.07, 6.45) is 4.73. The molecule has 3 rings (SSSR count). The number of aryl methyl sites for hydroxylation is 2. The van der Waals surface area contributed by atoms with Crippen LogP contribution in [-0.4, -0.2) is 36.9 Å². The summed E-state index contributed by atoms with van der Waals surface area (Å²) in [6, 6.07) is 0. The van der Waals surface area contributed by atoms with Crippen LogP contribution in [0.5, 0.6) is 5.88 Å². The van der Waals surface area contributed by atoms with Gasteiger partial charge < -0.3 is 9.84 Å². The van der Waals surface area contributed by atoms with Gasteiger partial charge in [0.15, 0.2) is 0 Å². The molecule has 0 amide bonds. The molecule has 1 aliphatic heterocycles. The third-order valence-electron chi connectivity index (χ3n) is 3.47. The first-order chi connectivity index (χ1) is 10.1. The molecule has 0 radical (unpaired) electrons. The first-order valence-electron chi connectivity index (χ1n) is 6.92. The van der Waals surface area contributed by atoms with Crippen LogP contribution >= 0.6 is 0 Å². The molecule has 2 aromatic rings. The second-order valence-electron chi connectivity index (χ2n) is 5.02. The number of hydrogen-bond acceptors (Lipinski definition) is 5. The van der Waals surface area contributed by atoms with Crippen molar-refractivity contribution >= 4 is 5.97 Å². The van der Waals surface area contributed by atoms with Gasteiger partial charge >= 0.3 is 5.97 Å². The molecule has 0 aliphatic carbocycles. The largest absolute Gasteiger partial charge is 0.477 e. The second-order valence-corrected chi connectivity index (χ2v) is 5.02. The zero-order valence-electron chi connectivity index (χ0n) is 11.9. The van der Waals surface area contributed by atoms with Gasteiger partial charge in [-0.2, -0.15) is 5.10 Å². The Balaban J connectivity index is 2.11. The molecule has 0 bridgehead atoms. The highest BCUT2D eigenvalue weighted by atomic mass is 16.5. The van der Waals surface area contributed by atoms with Gasteiger partial charge in [0.05, 0.1) is 6.10 Å². The van der Waals surface area contributed by atoms with E-state index in [2.05, 4.69) is 15.1 Å². The molecular weight excluding hydrogens is 272 g/mol. The summed E-state index contributed by atoms with van der Waals surface area (Å²) in [5, 5.41) is 13.8. The van der Waals surface area contributed by atoms with E-state index in [4.69, 9.17) is 4.74 Å². The van der Waals surface area contributed by atoms with Crippen molar-refractivity contribution < 1.29 is 14.6 Å². The molecule has 21 heavy (non-hydrogen) atoms. The van der Waals surface area contributed by atoms with E-state index in [1.807, 2.05) is 13.8 Å². The quantitative estimate of drug-likeness (QED) is 0.925. The fraction of sp³-hybridized carbons (Fsp3) is 0.429. The average Bonchev–Trinajstić information content (AvgIpc) is 2.86. The third-order valence-corrected chi connectivity index (χ3v) is 3.47. The number of aromatic nitrogens is 4. The van der Waals surface area contributed by atoms with Crippen molar-refractivity contribution in [3.05, 3.63) is 23.8 Å². The fourth-order valence-electron chi connectivity index (χ4n) is 2.33. The molecule has 1 atom stereocenters. The minimum atomic E-state index is -1.06. The Kier molecular flexibility index (Phi) is 3.32. The van der Waals surface area contributed by atoms with Gasteiger partial charge in [0.1, 0.15) is 17.1 Å². The summed E-state index contributed by atoms with van der Waals surface area (Å²) in [6.45, 7) is 4.52. The van der Waals surface area contributed by atoms with Crippen LogP contribution < -0.4 is 4.74 Å². The van der Waals surface area contributed by atoms with Crippen molar-refractivity contribution in [2.24, 2.45) is 0 Å². The van der Waals surface area contributed by atoms with Gasteiger partial charge in [-0.25, -0.2) is 19.4 Å². The number of fused-ring (bicyclic) bond motifs is 1. The van der Waals surface area contributed by atoms with Crippen molar-refractivity contribution in [2.75, 3.05) is 0 Å². The van der Waals surface area contributed by atoms with Crippen LogP contribution in [0.3, 0.4) is 0 Å². The molecule has 0 saturated carbocycles. The van der Waals surface area contributed by atoms with Crippen molar-refractivity contribution in [3.63, 3.8) is 0 Å². The maximum absolute atomic E-state index is 11.6. The summed E-state index contributed by atoms with van der Waals surface area (Å²) in [7, 11) is 0. The fourth-order valence-corrected chi connectivity index (χ4v) is 2.33. The molecule has 0 saturated heterocycles. The highest BCUT2D eigenvalue weighted by molar-refractivity contribution is 5.97. The lowest BCUT2D eigenvalue weighted by atomic mass is 10.1. The molecule has 2 aromatic heterocycles. The Hall–Kier alpha value is -2.44. The van der Waals surface area contributed by atoms with Crippen LogP contribution in [0.25, 0.3) is 11.3 Å². The molecule has 0 fully saturated rings. The van der Waals surface area contributed by atoms with Crippen molar-refractivity contribution in [3.8, 4) is 17.1 Å². The maximum Gasteiger partial charge on any atom is 0.343 e. The van der Waals surface area contributed by atoms with Crippen LogP contribution in [0.4, 0.5) is 0 Å². The van der Waals surface area contributed by atoms with Crippen LogP contribution in [-0.2, 0) is 13.0 Å². The summed E-state index contributed by atoms with van der Waals surface area (Å²) >= 11 is 0. The SMILES string of the molecule is CCc1ncc(-c2nn3c(c2C(=O)O)O[C@H](C)CC3)cn1. The Bertz CT molecular complexity index is 678. The lowest BCUT2D eigenvalue weighted by molar-refractivity contribution is 0.0684. The lowest BCUT2D eigenvalue weighted by Crippen LogP contribution is -2.24. The van der Waals surface area contributed by atoms with Crippen molar-refractivity contribution in [2.45, 2.75) is 39.3 Å². The molecule has 3 heterocycles. The molecule has 0 spiro atoms. The highest BCUT2D eigenvalue weighted by Gasteiger charge is 2.30. The molecule has 0 unspecified atom stereocenters. The maximum atomic E-state index is 11.6. The van der Waals surface area contributed by atoms with Gasteiger partial charge in [0.25, 0.3) is 0 Å². The zero-order valence-corrected chi connectivity index (χ0v) is 11.9. The number of nitrogens with zero attached hydrogens (tertiary/aromatic N) is 4. The van der Waals surface area contributed by atoms with Gasteiger partial charge in [-0.3, -0.25) is 0 Å². The van der Waals surface area contributed by atoms with E-state index >= 15 is 0 Å². The van der Waals surface area contributed by atoms with E-state index in [0.29, 0.717) is 29.5 Å². The van der Waals surface area contributed by atoms with Crippen LogP contribution in [0, 0.1) is 0 Å². The number of ether oxygens (including phenoxy) is 1. The average molecular weight is 288 g/mol. The number of carboxylic acids is 1. The molecule has 1 N–H and O–H groups in total. The minimum Gasteiger partial charge on any atom is -0.477 e. The molecule has 7 nitrogen and oxygen atoms in total. The van der Waals surface area contributed by atoms with Crippen LogP contribution in [0.15, 0.2) is 12.4 Å². The van der Waals surface area contributed by atoms with Crippen LogP contribution in [0.1, 0.15) is 36.5 Å². The second kappa shape index (κ2) is 5.16. The third kappa shape index (κ3) is 2.35. The predicted molar refractivity (Wildman–Crippen MR) is 74.3 cm³/mol. The molecule has 7 heteroatoms. The number of rotatable bonds is 3. The van der Waals surface area contributed by atoms with E-state index in [-0.39, 0.29) is 11.7 Å². The van der Waals surface area contributed by atoms with Gasteiger partial charge in [-0.1, -0.05) is 6.92 Å². The van der Waals surface area contributed by atoms with Gasteiger partial charge in [0.2, 0.25) is 5.88 Å². The van der Waals surface area contributed by atoms with Gasteiger partial charge in [-0.05, 0) is 6.92 Å². The first-order valence-corrected chi connectivity index (χ1v) is 6.92. The monoisotopic (exact) mass is 288 g/mol. The molecular formula is C14H16N4O3. The minimum absolute atomic E-state index is 0.0149. The number of hydrogen-bond donors (Lipinski definition) is 1. The highest BCUT2D eigenvalue weighted by Crippen LogP contribution is 2.33. The topological polar surface area (TPSA) is 90.1 Å². The number of carboxylic acid groups (broad SMARTS) is 1. The van der Waals surface area contributed by atoms with E-state index in [1.54, 1.807) is 17.1 Å². The smallest absolute Gasteiger partial charge is 0.343 e. The lowest BCUT2D eigenvalue weighted by Gasteiger charge is -2.21. The molecule has 1 aliphatic rings. The predicted octanol–water partition coefficient (Wildman–Crippen LogP) is 1.77. The molecule has 0 aromatic carbocycles. The number of carbonyl (C=O) groups is 1. The summed E-state index contributed by atoms with van der Waals surface area (Å²) in [5.41, 5.74) is 1.02. The Labute approximate surface area is 121 Å². The van der Waals surface area contributed by atoms with Crippen LogP contribution in [0.2, 0.25) is 0 Å². The van der Waals surface area contributed by atoms with E-state index in [9.17, 15) is 9.90 Å². The molecule has 110 valence electrons. The van der Waals surface area contributed by atoms with E-state index in [0.717, 1.165) is 12.8 Å². The van der Waals surface area contributed by atoms with E-state index < -0.39 is 5.97 Å². The number of aromatic carboxylic acids is 1. The van der Waals surface area contributed by atoms with Crippen molar-refractivity contribution in [1.29, 1.82) is 0 Å². The zero-order chi connectivity index (χ0) is 15.0. The Morgan fingerprint density at radius 1 is 1.48 bits per heavy atom. The standard InChI is InChI=1S/C14H16N4O3/c1-3-10-15-6-9(7-16-10)12-11(14(19)20)13-18(17-12)5-4-8(2)21-13/h6-8H,3-5H2,1-2H3,(H,19,20)/t8-/m1/s1. The Morgan fingerprint density at radius 2 is 2.19 bits per heavy atom. The normalized spacial score (nSPS) is 17.1. The first kappa shape index (κ1) is 13.5. The van der Waals surface area contributed by atoms with Gasteiger partial charge in [0, 0.05) is 37.3 Å². The van der Waals surface area contributed by atoms with Gasteiger partial charge in [-0.15, -0.1) is 0 Å². The summed E-state index contributed by atoms with van der Waals surface area (Å²) in [5.74, 6) is -0.0276.